The zero-order chi connectivity index (χ0) is 20.1. The smallest absolute Gasteiger partial charge is 0.277 e. The molecule has 0 spiro atoms. The number of nitrogens with zero attached hydrogens (tertiary/aromatic N) is 4. The number of thiazole rings is 1. The van der Waals surface area contributed by atoms with Gasteiger partial charge in [-0.1, -0.05) is 49.2 Å². The van der Waals surface area contributed by atoms with Gasteiger partial charge in [-0.2, -0.15) is 0 Å². The Balaban J connectivity index is 1.40. The zero-order valence-corrected chi connectivity index (χ0v) is 18.0. The summed E-state index contributed by atoms with van der Waals surface area (Å²) in [5.41, 5.74) is 1.89. The van der Waals surface area contributed by atoms with Crippen LogP contribution < -0.4 is 4.90 Å². The van der Waals surface area contributed by atoms with E-state index in [1.807, 2.05) is 47.5 Å². The molecule has 1 saturated carbocycles. The number of benzene rings is 1. The third kappa shape index (κ3) is 5.25. The van der Waals surface area contributed by atoms with Gasteiger partial charge < -0.3 is 9.32 Å². The number of anilines is 1. The van der Waals surface area contributed by atoms with E-state index in [2.05, 4.69) is 15.2 Å². The molecule has 152 valence electrons. The maximum absolute atomic E-state index is 13.1. The van der Waals surface area contributed by atoms with Crippen LogP contribution in [-0.2, 0) is 11.2 Å². The summed E-state index contributed by atoms with van der Waals surface area (Å²) in [6.07, 6.45) is 6.25. The van der Waals surface area contributed by atoms with E-state index >= 15 is 0 Å². The molecule has 0 atom stereocenters. The lowest BCUT2D eigenvalue weighted by molar-refractivity contribution is -0.116. The Morgan fingerprint density at radius 3 is 2.72 bits per heavy atom. The van der Waals surface area contributed by atoms with E-state index in [1.54, 1.807) is 11.3 Å². The highest BCUT2D eigenvalue weighted by Gasteiger charge is 2.27. The first-order valence-corrected chi connectivity index (χ1v) is 11.8. The molecule has 0 unspecified atom stereocenters. The van der Waals surface area contributed by atoms with Crippen molar-refractivity contribution in [3.63, 3.8) is 0 Å². The van der Waals surface area contributed by atoms with Crippen molar-refractivity contribution in [1.29, 1.82) is 0 Å². The highest BCUT2D eigenvalue weighted by Crippen LogP contribution is 2.29. The highest BCUT2D eigenvalue weighted by atomic mass is 32.2. The first kappa shape index (κ1) is 20.1. The Morgan fingerprint density at radius 2 is 2.00 bits per heavy atom. The maximum Gasteiger partial charge on any atom is 0.277 e. The Hall–Kier alpha value is -2.19. The Bertz CT molecular complexity index is 935. The van der Waals surface area contributed by atoms with E-state index in [1.165, 1.54) is 31.0 Å². The molecule has 0 radical (unpaired) electrons. The second-order valence-electron chi connectivity index (χ2n) is 7.18. The monoisotopic (exact) mass is 428 g/mol. The molecule has 4 rings (SSSR count). The molecule has 2 heterocycles. The number of para-hydroxylation sites is 1. The molecule has 1 aliphatic carbocycles. The molecular weight excluding hydrogens is 404 g/mol. The number of thioether (sulfide) groups is 1. The molecule has 6 nitrogen and oxygen atoms in total. The first-order valence-electron chi connectivity index (χ1n) is 9.92. The van der Waals surface area contributed by atoms with Gasteiger partial charge in [-0.05, 0) is 31.9 Å². The largest absolute Gasteiger partial charge is 0.416 e. The van der Waals surface area contributed by atoms with Gasteiger partial charge in [-0.25, -0.2) is 4.98 Å². The topological polar surface area (TPSA) is 72.1 Å². The van der Waals surface area contributed by atoms with Gasteiger partial charge in [0.25, 0.3) is 5.22 Å². The van der Waals surface area contributed by atoms with Crippen molar-refractivity contribution >= 4 is 34.7 Å². The van der Waals surface area contributed by atoms with Crippen LogP contribution in [0.4, 0.5) is 5.69 Å². The van der Waals surface area contributed by atoms with Crippen molar-refractivity contribution in [2.45, 2.75) is 56.7 Å². The summed E-state index contributed by atoms with van der Waals surface area (Å²) in [5.74, 6) is 0.892. The molecule has 0 N–H and O–H groups in total. The van der Waals surface area contributed by atoms with Crippen LogP contribution in [-0.4, -0.2) is 32.9 Å². The normalized spacial score (nSPS) is 14.8. The van der Waals surface area contributed by atoms with Gasteiger partial charge in [0.15, 0.2) is 0 Å². The summed E-state index contributed by atoms with van der Waals surface area (Å²) in [4.78, 5) is 19.5. The minimum absolute atomic E-state index is 0.0861. The maximum atomic E-state index is 13.1. The fourth-order valence-corrected chi connectivity index (χ4v) is 4.94. The molecule has 1 fully saturated rings. The van der Waals surface area contributed by atoms with Crippen LogP contribution in [0.3, 0.4) is 0 Å². The fraction of sp³-hybridized carbons (Fsp3) is 0.429. The van der Waals surface area contributed by atoms with Crippen LogP contribution in [0.1, 0.15) is 48.7 Å². The number of aromatic nitrogens is 3. The van der Waals surface area contributed by atoms with E-state index in [-0.39, 0.29) is 17.7 Å². The average molecular weight is 429 g/mol. The fourth-order valence-electron chi connectivity index (χ4n) is 3.69. The molecule has 0 aliphatic heterocycles. The lowest BCUT2D eigenvalue weighted by atomic mass is 9.93. The number of rotatable bonds is 7. The lowest BCUT2D eigenvalue weighted by Gasteiger charge is -2.34. The van der Waals surface area contributed by atoms with Crippen LogP contribution in [0, 0.1) is 6.92 Å². The van der Waals surface area contributed by atoms with Crippen LogP contribution in [0.15, 0.2) is 45.4 Å². The zero-order valence-electron chi connectivity index (χ0n) is 16.4. The van der Waals surface area contributed by atoms with Crippen molar-refractivity contribution in [2.75, 3.05) is 10.7 Å². The van der Waals surface area contributed by atoms with Gasteiger partial charge in [0, 0.05) is 17.1 Å². The summed E-state index contributed by atoms with van der Waals surface area (Å²) in [7, 11) is 0. The molecule has 0 saturated heterocycles. The summed E-state index contributed by atoms with van der Waals surface area (Å²) >= 11 is 2.91. The highest BCUT2D eigenvalue weighted by molar-refractivity contribution is 7.99. The van der Waals surface area contributed by atoms with Crippen molar-refractivity contribution < 1.29 is 9.21 Å². The van der Waals surface area contributed by atoms with Gasteiger partial charge >= 0.3 is 0 Å². The molecule has 2 aromatic heterocycles. The number of aryl methyl sites for hydroxylation is 1. The standard InChI is InChI=1S/C21H24N4O2S2/c1-15-22-16(13-28-15)12-19-23-24-21(27-19)29-14-20(26)25(17-8-4-2-5-9-17)18-10-6-3-7-11-18/h2,4-5,8-9,13,18H,3,6-7,10-12,14H2,1H3. The van der Waals surface area contributed by atoms with E-state index in [0.29, 0.717) is 17.5 Å². The number of hydrogen-bond acceptors (Lipinski definition) is 7. The molecule has 0 bridgehead atoms. The average Bonchev–Trinajstić information content (AvgIpc) is 3.37. The van der Waals surface area contributed by atoms with Gasteiger partial charge in [-0.15, -0.1) is 21.5 Å². The van der Waals surface area contributed by atoms with E-state index in [4.69, 9.17) is 4.42 Å². The molecule has 1 amide bonds. The minimum Gasteiger partial charge on any atom is -0.416 e. The third-order valence-corrected chi connectivity index (χ3v) is 6.63. The van der Waals surface area contributed by atoms with Gasteiger partial charge in [0.05, 0.1) is 22.9 Å². The summed E-state index contributed by atoms with van der Waals surface area (Å²) < 4.78 is 5.71. The molecular formula is C21H24N4O2S2. The van der Waals surface area contributed by atoms with Crippen LogP contribution in [0.5, 0.6) is 0 Å². The third-order valence-electron chi connectivity index (χ3n) is 5.01. The summed E-state index contributed by atoms with van der Waals surface area (Å²) in [6.45, 7) is 1.97. The second-order valence-corrected chi connectivity index (χ2v) is 9.16. The number of hydrogen-bond donors (Lipinski definition) is 0. The Morgan fingerprint density at radius 1 is 1.21 bits per heavy atom. The minimum atomic E-state index is 0.0861. The van der Waals surface area contributed by atoms with Crippen LogP contribution >= 0.6 is 23.1 Å². The quantitative estimate of drug-likeness (QED) is 0.499. The van der Waals surface area contributed by atoms with Crippen LogP contribution in [0.25, 0.3) is 0 Å². The number of carbonyl (C=O) groups is 1. The summed E-state index contributed by atoms with van der Waals surface area (Å²) in [5, 5.41) is 11.6. The molecule has 3 aromatic rings. The predicted octanol–water partition coefficient (Wildman–Crippen LogP) is 4.88. The SMILES string of the molecule is Cc1nc(Cc2nnc(SCC(=O)N(c3ccccc3)C3CCCCC3)o2)cs1. The predicted molar refractivity (Wildman–Crippen MR) is 115 cm³/mol. The van der Waals surface area contributed by atoms with Crippen molar-refractivity contribution in [2.24, 2.45) is 0 Å². The van der Waals surface area contributed by atoms with Crippen molar-refractivity contribution in [1.82, 2.24) is 15.2 Å². The van der Waals surface area contributed by atoms with E-state index in [9.17, 15) is 4.79 Å². The van der Waals surface area contributed by atoms with Gasteiger partial charge in [-0.3, -0.25) is 4.79 Å². The first-order chi connectivity index (χ1) is 14.2. The molecule has 1 aliphatic rings. The van der Waals surface area contributed by atoms with Crippen LogP contribution in [0.2, 0.25) is 0 Å². The van der Waals surface area contributed by atoms with E-state index in [0.717, 1.165) is 29.2 Å². The van der Waals surface area contributed by atoms with E-state index < -0.39 is 0 Å². The van der Waals surface area contributed by atoms with Gasteiger partial charge in [0.2, 0.25) is 11.8 Å². The summed E-state index contributed by atoms with van der Waals surface area (Å²) in [6, 6.07) is 10.2. The second kappa shape index (κ2) is 9.54. The lowest BCUT2D eigenvalue weighted by Crippen LogP contribution is -2.42. The Labute approximate surface area is 178 Å². The van der Waals surface area contributed by atoms with Gasteiger partial charge in [0.1, 0.15) is 0 Å². The van der Waals surface area contributed by atoms with Crippen molar-refractivity contribution in [3.8, 4) is 0 Å². The number of carbonyl (C=O) groups excluding carboxylic acids is 1. The van der Waals surface area contributed by atoms with Crippen molar-refractivity contribution in [3.05, 3.63) is 52.3 Å². The molecule has 8 heteroatoms. The number of amides is 1. The molecule has 29 heavy (non-hydrogen) atoms. The Kier molecular flexibility index (Phi) is 6.61. The molecule has 1 aromatic carbocycles.